The lowest BCUT2D eigenvalue weighted by molar-refractivity contribution is 0.854. The molecule has 0 aliphatic carbocycles. The van der Waals surface area contributed by atoms with E-state index >= 15 is 0 Å². The second-order valence-electron chi connectivity index (χ2n) is 4.28. The van der Waals surface area contributed by atoms with E-state index in [2.05, 4.69) is 0 Å². The fourth-order valence-corrected chi connectivity index (χ4v) is 2.21. The minimum atomic E-state index is -0.451. The van der Waals surface area contributed by atoms with E-state index in [1.54, 1.807) is 0 Å². The van der Waals surface area contributed by atoms with Crippen molar-refractivity contribution in [1.29, 1.82) is 0 Å². The summed E-state index contributed by atoms with van der Waals surface area (Å²) in [7, 11) is 2.73. The van der Waals surface area contributed by atoms with Crippen molar-refractivity contribution in [3.05, 3.63) is 53.5 Å². The van der Waals surface area contributed by atoms with Gasteiger partial charge in [0, 0.05) is 14.1 Å². The predicted molar refractivity (Wildman–Crippen MR) is 66.8 cm³/mol. The van der Waals surface area contributed by atoms with Crippen molar-refractivity contribution in [2.75, 3.05) is 0 Å². The second-order valence-corrected chi connectivity index (χ2v) is 4.28. The molecule has 0 saturated heterocycles. The maximum absolute atomic E-state index is 11.8. The van der Waals surface area contributed by atoms with Gasteiger partial charge >= 0.3 is 0 Å². The first-order valence-corrected chi connectivity index (χ1v) is 5.26. The summed E-state index contributed by atoms with van der Waals surface area (Å²) < 4.78 is 1.94. The first-order chi connectivity index (χ1) is 8.43. The van der Waals surface area contributed by atoms with Crippen molar-refractivity contribution >= 4 is 21.5 Å². The summed E-state index contributed by atoms with van der Waals surface area (Å²) in [6, 6.07) is 2.66. The summed E-state index contributed by atoms with van der Waals surface area (Å²) in [5.41, 5.74) is -1.81. The first-order valence-electron chi connectivity index (χ1n) is 5.26. The van der Waals surface area contributed by atoms with E-state index in [1.807, 2.05) is 0 Å². The molecule has 0 unspecified atom stereocenters. The highest BCUT2D eigenvalue weighted by molar-refractivity contribution is 5.97. The fraction of sp³-hybridized carbons (Fsp3) is 0.167. The normalized spacial score (nSPS) is 11.7. The van der Waals surface area contributed by atoms with E-state index in [-0.39, 0.29) is 21.5 Å². The van der Waals surface area contributed by atoms with Crippen LogP contribution in [0.2, 0.25) is 0 Å². The molecule has 0 bridgehead atoms. The molecule has 0 atom stereocenters. The molecule has 6 nitrogen and oxygen atoms in total. The number of nitrogens with zero attached hydrogens (tertiary/aromatic N) is 2. The smallest absolute Gasteiger partial charge is 0.261 e. The highest BCUT2D eigenvalue weighted by Crippen LogP contribution is 2.13. The summed E-state index contributed by atoms with van der Waals surface area (Å²) >= 11 is 0. The molecule has 3 aromatic rings. The fourth-order valence-electron chi connectivity index (χ4n) is 2.21. The number of rotatable bonds is 0. The van der Waals surface area contributed by atoms with Crippen molar-refractivity contribution in [3.63, 3.8) is 0 Å². The molecule has 0 fully saturated rings. The van der Waals surface area contributed by atoms with E-state index < -0.39 is 22.2 Å². The quantitative estimate of drug-likeness (QED) is 0.507. The lowest BCUT2D eigenvalue weighted by Crippen LogP contribution is -2.21. The van der Waals surface area contributed by atoms with Crippen molar-refractivity contribution in [3.8, 4) is 0 Å². The van der Waals surface area contributed by atoms with Crippen LogP contribution in [0, 0.1) is 0 Å². The van der Waals surface area contributed by atoms with Gasteiger partial charge in [0.25, 0.3) is 22.2 Å². The molecule has 3 rings (SSSR count). The molecule has 0 aliphatic heterocycles. The van der Waals surface area contributed by atoms with Gasteiger partial charge in [-0.3, -0.25) is 28.3 Å². The summed E-state index contributed by atoms with van der Waals surface area (Å²) in [5.74, 6) is 0. The van der Waals surface area contributed by atoms with Crippen LogP contribution in [0.25, 0.3) is 21.5 Å². The van der Waals surface area contributed by atoms with Crippen LogP contribution in [-0.2, 0) is 14.1 Å². The molecule has 2 aromatic heterocycles. The third-order valence-electron chi connectivity index (χ3n) is 3.30. The van der Waals surface area contributed by atoms with Crippen molar-refractivity contribution in [1.82, 2.24) is 9.13 Å². The van der Waals surface area contributed by atoms with Gasteiger partial charge in [-0.1, -0.05) is 0 Å². The Bertz CT molecular complexity index is 854. The maximum atomic E-state index is 11.8. The third kappa shape index (κ3) is 1.02. The largest absolute Gasteiger partial charge is 0.277 e. The summed E-state index contributed by atoms with van der Waals surface area (Å²) in [6.07, 6.45) is 0. The van der Waals surface area contributed by atoms with Crippen molar-refractivity contribution in [2.24, 2.45) is 14.1 Å². The minimum absolute atomic E-state index is 0.178. The average Bonchev–Trinajstić information content (AvgIpc) is 2.71. The Hall–Kier alpha value is -2.50. The van der Waals surface area contributed by atoms with E-state index in [0.717, 1.165) is 9.13 Å². The molecule has 18 heavy (non-hydrogen) atoms. The minimum Gasteiger partial charge on any atom is -0.277 e. The van der Waals surface area contributed by atoms with E-state index in [4.69, 9.17) is 0 Å². The van der Waals surface area contributed by atoms with Gasteiger partial charge in [-0.2, -0.15) is 0 Å². The Morgan fingerprint density at radius 1 is 0.611 bits per heavy atom. The van der Waals surface area contributed by atoms with Crippen LogP contribution in [0.15, 0.2) is 31.3 Å². The monoisotopic (exact) mass is 244 g/mol. The Balaban J connectivity index is 2.78. The summed E-state index contributed by atoms with van der Waals surface area (Å²) in [6.45, 7) is 0. The SMILES string of the molecule is Cn1c(=O)c2cc3c(=O)n(C)c(=O)c3cc2c1=O. The van der Waals surface area contributed by atoms with Gasteiger partial charge in [-0.25, -0.2) is 0 Å². The molecule has 0 amide bonds. The van der Waals surface area contributed by atoms with Crippen LogP contribution in [0.4, 0.5) is 0 Å². The van der Waals surface area contributed by atoms with Gasteiger partial charge in [0.15, 0.2) is 0 Å². The number of hydrogen-bond acceptors (Lipinski definition) is 4. The highest BCUT2D eigenvalue weighted by Gasteiger charge is 2.16. The van der Waals surface area contributed by atoms with E-state index in [0.29, 0.717) is 0 Å². The van der Waals surface area contributed by atoms with Crippen LogP contribution >= 0.6 is 0 Å². The topological polar surface area (TPSA) is 78.1 Å². The maximum Gasteiger partial charge on any atom is 0.261 e. The molecule has 0 N–H and O–H groups in total. The lowest BCUT2D eigenvalue weighted by Gasteiger charge is -1.86. The zero-order chi connectivity index (χ0) is 13.2. The van der Waals surface area contributed by atoms with Gasteiger partial charge in [-0.15, -0.1) is 0 Å². The van der Waals surface area contributed by atoms with Gasteiger partial charge < -0.3 is 0 Å². The number of hydrogen-bond donors (Lipinski definition) is 0. The summed E-state index contributed by atoms with van der Waals surface area (Å²) in [5, 5.41) is 0.714. The van der Waals surface area contributed by atoms with Gasteiger partial charge in [0.05, 0.1) is 21.5 Å². The van der Waals surface area contributed by atoms with Crippen LogP contribution in [0.3, 0.4) is 0 Å². The molecular weight excluding hydrogens is 236 g/mol. The second kappa shape index (κ2) is 3.04. The number of fused-ring (bicyclic) bond motifs is 2. The third-order valence-corrected chi connectivity index (χ3v) is 3.30. The molecule has 90 valence electrons. The molecule has 2 heterocycles. The molecule has 6 heteroatoms. The zero-order valence-electron chi connectivity index (χ0n) is 9.68. The molecule has 0 aliphatic rings. The van der Waals surface area contributed by atoms with Gasteiger partial charge in [0.2, 0.25) is 0 Å². The Kier molecular flexibility index (Phi) is 1.80. The van der Waals surface area contributed by atoms with E-state index in [9.17, 15) is 19.2 Å². The van der Waals surface area contributed by atoms with Gasteiger partial charge in [0.1, 0.15) is 0 Å². The van der Waals surface area contributed by atoms with Crippen LogP contribution < -0.4 is 22.2 Å². The lowest BCUT2D eigenvalue weighted by atomic mass is 10.1. The molecule has 0 saturated carbocycles. The molecule has 0 radical (unpaired) electrons. The molecular formula is C12H8N2O4. The zero-order valence-corrected chi connectivity index (χ0v) is 9.68. The van der Waals surface area contributed by atoms with Crippen LogP contribution in [0.1, 0.15) is 0 Å². The first kappa shape index (κ1) is 10.6. The number of aromatic nitrogens is 2. The Morgan fingerprint density at radius 3 is 1.06 bits per heavy atom. The van der Waals surface area contributed by atoms with Crippen molar-refractivity contribution in [2.45, 2.75) is 0 Å². The van der Waals surface area contributed by atoms with Crippen molar-refractivity contribution < 1.29 is 0 Å². The average molecular weight is 244 g/mol. The van der Waals surface area contributed by atoms with Crippen LogP contribution in [0.5, 0.6) is 0 Å². The summed E-state index contributed by atoms with van der Waals surface area (Å²) in [4.78, 5) is 47.1. The Labute approximate surface area is 99.0 Å². The van der Waals surface area contributed by atoms with Gasteiger partial charge in [-0.05, 0) is 12.1 Å². The molecule has 1 aromatic carbocycles. The standard InChI is InChI=1S/C12H8N2O4/c1-13-9(15)5-3-7-8(4-6(5)10(13)16)12(18)14(2)11(7)17/h3-4H,1-2H3. The van der Waals surface area contributed by atoms with Crippen LogP contribution in [-0.4, -0.2) is 9.13 Å². The Morgan fingerprint density at radius 2 is 0.833 bits per heavy atom. The number of benzene rings is 1. The highest BCUT2D eigenvalue weighted by atomic mass is 16.2. The molecule has 0 spiro atoms. The predicted octanol–water partition coefficient (Wildman–Crippen LogP) is -1.01. The van der Waals surface area contributed by atoms with E-state index in [1.165, 1.54) is 26.2 Å².